The zero-order chi connectivity index (χ0) is 17.7. The molecule has 2 rings (SSSR count). The molecule has 0 atom stereocenters. The van der Waals surface area contributed by atoms with E-state index in [-0.39, 0.29) is 17.2 Å². The SMILES string of the molecule is Oc1ccccc1C=NCCN=Cc1c(O)c(O)c(Br)c(Br)c1Br. The summed E-state index contributed by atoms with van der Waals surface area (Å²) in [5, 5.41) is 29.4. The minimum Gasteiger partial charge on any atom is -0.507 e. The average Bonchev–Trinajstić information content (AvgIpc) is 2.58. The Morgan fingerprint density at radius 3 is 2.08 bits per heavy atom. The first-order valence-corrected chi connectivity index (χ1v) is 9.17. The molecular weight excluding hydrogens is 508 g/mol. The number of halogens is 3. The monoisotopic (exact) mass is 518 g/mol. The van der Waals surface area contributed by atoms with Crippen LogP contribution < -0.4 is 0 Å². The maximum absolute atomic E-state index is 9.99. The molecule has 0 aliphatic rings. The fourth-order valence-electron chi connectivity index (χ4n) is 1.80. The molecule has 0 saturated heterocycles. The van der Waals surface area contributed by atoms with E-state index in [1.165, 1.54) is 6.21 Å². The van der Waals surface area contributed by atoms with Gasteiger partial charge >= 0.3 is 0 Å². The van der Waals surface area contributed by atoms with E-state index in [0.717, 1.165) is 0 Å². The second-order valence-corrected chi connectivity index (χ2v) is 7.06. The highest BCUT2D eigenvalue weighted by Gasteiger charge is 2.18. The molecule has 0 unspecified atom stereocenters. The van der Waals surface area contributed by atoms with Crippen LogP contribution in [-0.4, -0.2) is 40.8 Å². The Hall–Kier alpha value is -1.38. The number of phenols is 3. The van der Waals surface area contributed by atoms with Gasteiger partial charge in [0.25, 0.3) is 0 Å². The van der Waals surface area contributed by atoms with Crippen molar-refractivity contribution in [2.75, 3.05) is 13.1 Å². The van der Waals surface area contributed by atoms with Gasteiger partial charge in [0.1, 0.15) is 5.75 Å². The molecule has 126 valence electrons. The topological polar surface area (TPSA) is 85.4 Å². The van der Waals surface area contributed by atoms with E-state index >= 15 is 0 Å². The lowest BCUT2D eigenvalue weighted by Gasteiger charge is -2.09. The van der Waals surface area contributed by atoms with E-state index in [1.54, 1.807) is 24.4 Å². The highest BCUT2D eigenvalue weighted by atomic mass is 79.9. The fourth-order valence-corrected chi connectivity index (χ4v) is 3.34. The first-order chi connectivity index (χ1) is 11.4. The molecule has 2 aromatic carbocycles. The summed E-state index contributed by atoms with van der Waals surface area (Å²) in [7, 11) is 0. The Morgan fingerprint density at radius 2 is 1.42 bits per heavy atom. The third kappa shape index (κ3) is 4.37. The van der Waals surface area contributed by atoms with Crippen LogP contribution in [0.1, 0.15) is 11.1 Å². The third-order valence-corrected chi connectivity index (χ3v) is 6.51. The van der Waals surface area contributed by atoms with Crippen molar-refractivity contribution in [3.05, 3.63) is 48.8 Å². The maximum atomic E-state index is 9.99. The van der Waals surface area contributed by atoms with Crippen LogP contribution >= 0.6 is 47.8 Å². The smallest absolute Gasteiger partial charge is 0.173 e. The van der Waals surface area contributed by atoms with Gasteiger partial charge in [0, 0.05) is 22.5 Å². The van der Waals surface area contributed by atoms with Gasteiger partial charge in [0.2, 0.25) is 0 Å². The lowest BCUT2D eigenvalue weighted by atomic mass is 10.2. The van der Waals surface area contributed by atoms with Crippen molar-refractivity contribution in [3.63, 3.8) is 0 Å². The van der Waals surface area contributed by atoms with Gasteiger partial charge in [-0.05, 0) is 59.9 Å². The standard InChI is InChI=1S/C16H13Br3N2O3/c17-12-10(15(23)16(24)14(19)13(12)18)8-21-6-5-20-7-9-3-1-2-4-11(9)22/h1-4,7-8,22-24H,5-6H2. The number of phenolic OH excluding ortho intramolecular Hbond substituents is 3. The molecule has 0 fully saturated rings. The molecule has 2 aromatic rings. The largest absolute Gasteiger partial charge is 0.507 e. The van der Waals surface area contributed by atoms with E-state index in [0.29, 0.717) is 37.6 Å². The second-order valence-electron chi connectivity index (χ2n) is 4.68. The van der Waals surface area contributed by atoms with Crippen molar-refractivity contribution in [1.29, 1.82) is 0 Å². The van der Waals surface area contributed by atoms with Gasteiger partial charge in [0.05, 0.1) is 27.6 Å². The predicted octanol–water partition coefficient (Wildman–Crippen LogP) is 4.63. The number of aromatic hydroxyl groups is 3. The summed E-state index contributed by atoms with van der Waals surface area (Å²) < 4.78 is 1.51. The van der Waals surface area contributed by atoms with Crippen LogP contribution in [0.4, 0.5) is 0 Å². The summed E-state index contributed by atoms with van der Waals surface area (Å²) in [6, 6.07) is 6.92. The zero-order valence-corrected chi connectivity index (χ0v) is 17.0. The maximum Gasteiger partial charge on any atom is 0.173 e. The van der Waals surface area contributed by atoms with Crippen molar-refractivity contribution in [2.45, 2.75) is 0 Å². The molecule has 24 heavy (non-hydrogen) atoms. The third-order valence-electron chi connectivity index (χ3n) is 3.05. The Balaban J connectivity index is 2.02. The van der Waals surface area contributed by atoms with Crippen LogP contribution in [0.2, 0.25) is 0 Å². The summed E-state index contributed by atoms with van der Waals surface area (Å²) in [5.41, 5.74) is 1.01. The van der Waals surface area contributed by atoms with E-state index in [9.17, 15) is 15.3 Å². The first kappa shape index (κ1) is 19.0. The van der Waals surface area contributed by atoms with Gasteiger partial charge in [-0.1, -0.05) is 12.1 Å². The Kier molecular flexibility index (Phi) is 6.82. The molecular formula is C16H13Br3N2O3. The van der Waals surface area contributed by atoms with Crippen molar-refractivity contribution >= 4 is 60.2 Å². The van der Waals surface area contributed by atoms with Crippen LogP contribution in [0.5, 0.6) is 17.2 Å². The summed E-state index contributed by atoms with van der Waals surface area (Å²) >= 11 is 9.82. The number of nitrogens with zero attached hydrogens (tertiary/aromatic N) is 2. The molecule has 0 amide bonds. The van der Waals surface area contributed by atoms with Crippen LogP contribution in [0.3, 0.4) is 0 Å². The number of benzene rings is 2. The first-order valence-electron chi connectivity index (χ1n) is 6.79. The van der Waals surface area contributed by atoms with Gasteiger partial charge in [-0.2, -0.15) is 0 Å². The molecule has 0 aromatic heterocycles. The molecule has 0 heterocycles. The Bertz CT molecular complexity index is 778. The second kappa shape index (κ2) is 8.64. The highest BCUT2D eigenvalue weighted by molar-refractivity contribution is 9.14. The summed E-state index contributed by atoms with van der Waals surface area (Å²) in [6.45, 7) is 0.817. The zero-order valence-electron chi connectivity index (χ0n) is 12.2. The summed E-state index contributed by atoms with van der Waals surface area (Å²) in [6.07, 6.45) is 3.05. The molecule has 0 spiro atoms. The Labute approximate surface area is 164 Å². The van der Waals surface area contributed by atoms with Crippen molar-refractivity contribution < 1.29 is 15.3 Å². The van der Waals surface area contributed by atoms with Gasteiger partial charge in [0.15, 0.2) is 11.5 Å². The fraction of sp³-hybridized carbons (Fsp3) is 0.125. The summed E-state index contributed by atoms with van der Waals surface area (Å²) in [4.78, 5) is 8.38. The van der Waals surface area contributed by atoms with E-state index < -0.39 is 0 Å². The number of hydrogen-bond donors (Lipinski definition) is 3. The van der Waals surface area contributed by atoms with Gasteiger partial charge in [-0.15, -0.1) is 0 Å². The number of aliphatic imine (C=N–C) groups is 2. The molecule has 0 aliphatic carbocycles. The number of hydrogen-bond acceptors (Lipinski definition) is 5. The minimum atomic E-state index is -0.265. The molecule has 8 heteroatoms. The molecule has 3 N–H and O–H groups in total. The number of rotatable bonds is 5. The molecule has 0 saturated carbocycles. The van der Waals surface area contributed by atoms with Crippen LogP contribution in [0.25, 0.3) is 0 Å². The normalized spacial score (nSPS) is 11.6. The van der Waals surface area contributed by atoms with E-state index in [2.05, 4.69) is 57.8 Å². The summed E-state index contributed by atoms with van der Waals surface area (Å²) in [5.74, 6) is -0.351. The van der Waals surface area contributed by atoms with E-state index in [1.807, 2.05) is 6.07 Å². The lowest BCUT2D eigenvalue weighted by molar-refractivity contribution is 0.400. The highest BCUT2D eigenvalue weighted by Crippen LogP contribution is 2.46. The van der Waals surface area contributed by atoms with E-state index in [4.69, 9.17) is 0 Å². The average molecular weight is 521 g/mol. The molecule has 0 radical (unpaired) electrons. The molecule has 0 aliphatic heterocycles. The molecule has 0 bridgehead atoms. The van der Waals surface area contributed by atoms with Crippen LogP contribution in [0, 0.1) is 0 Å². The molecule has 5 nitrogen and oxygen atoms in total. The van der Waals surface area contributed by atoms with Crippen molar-refractivity contribution in [1.82, 2.24) is 0 Å². The number of para-hydroxylation sites is 1. The quantitative estimate of drug-likeness (QED) is 0.232. The van der Waals surface area contributed by atoms with Gasteiger partial charge in [-0.3, -0.25) is 9.98 Å². The lowest BCUT2D eigenvalue weighted by Crippen LogP contribution is -1.93. The van der Waals surface area contributed by atoms with Crippen LogP contribution in [-0.2, 0) is 0 Å². The van der Waals surface area contributed by atoms with Crippen molar-refractivity contribution in [2.24, 2.45) is 9.98 Å². The van der Waals surface area contributed by atoms with Crippen molar-refractivity contribution in [3.8, 4) is 17.2 Å². The van der Waals surface area contributed by atoms with Crippen LogP contribution in [0.15, 0.2) is 47.7 Å². The van der Waals surface area contributed by atoms with Gasteiger partial charge < -0.3 is 15.3 Å². The Morgan fingerprint density at radius 1 is 0.792 bits per heavy atom. The van der Waals surface area contributed by atoms with Gasteiger partial charge in [-0.25, -0.2) is 0 Å². The predicted molar refractivity (Wildman–Crippen MR) is 106 cm³/mol. The minimum absolute atomic E-state index is 0.175.